The van der Waals surface area contributed by atoms with E-state index in [1.54, 1.807) is 12.1 Å². The Labute approximate surface area is 135 Å². The van der Waals surface area contributed by atoms with Crippen molar-refractivity contribution >= 4 is 16.9 Å². The van der Waals surface area contributed by atoms with Crippen molar-refractivity contribution in [3.63, 3.8) is 0 Å². The van der Waals surface area contributed by atoms with Crippen molar-refractivity contribution in [1.29, 1.82) is 0 Å². The summed E-state index contributed by atoms with van der Waals surface area (Å²) in [6, 6.07) is 10.9. The highest BCUT2D eigenvalue weighted by Crippen LogP contribution is 2.10. The molecule has 3 heterocycles. The molecule has 0 spiro atoms. The molecule has 0 fully saturated rings. The zero-order valence-corrected chi connectivity index (χ0v) is 12.4. The molecule has 2 N–H and O–H groups in total. The van der Waals surface area contributed by atoms with Gasteiger partial charge in [-0.25, -0.2) is 14.6 Å². The van der Waals surface area contributed by atoms with Gasteiger partial charge in [0.2, 0.25) is 0 Å². The van der Waals surface area contributed by atoms with Crippen LogP contribution < -0.4 is 5.32 Å². The minimum atomic E-state index is -0.326. The number of carbonyl (C=O) groups is 1. The highest BCUT2D eigenvalue weighted by molar-refractivity contribution is 5.92. The van der Waals surface area contributed by atoms with Crippen LogP contribution in [0.15, 0.2) is 49.1 Å². The summed E-state index contributed by atoms with van der Waals surface area (Å²) in [5.41, 5.74) is 2.01. The zero-order chi connectivity index (χ0) is 16.4. The average molecular weight is 320 g/mol. The molecule has 0 saturated heterocycles. The summed E-state index contributed by atoms with van der Waals surface area (Å²) in [5, 5.41) is 14.6. The molecule has 1 aromatic carbocycles. The van der Waals surface area contributed by atoms with Crippen molar-refractivity contribution in [3.8, 4) is 5.82 Å². The third-order valence-electron chi connectivity index (χ3n) is 3.39. The van der Waals surface area contributed by atoms with Crippen molar-refractivity contribution in [3.05, 3.63) is 60.6 Å². The zero-order valence-electron chi connectivity index (χ0n) is 12.4. The molecule has 1 amide bonds. The minimum absolute atomic E-state index is 0.218. The number of amides is 1. The quantitative estimate of drug-likeness (QED) is 0.576. The fourth-order valence-electron chi connectivity index (χ4n) is 2.24. The maximum absolute atomic E-state index is 12.1. The van der Waals surface area contributed by atoms with Crippen LogP contribution in [0.2, 0.25) is 0 Å². The highest BCUT2D eigenvalue weighted by atomic mass is 16.1. The predicted molar refractivity (Wildman–Crippen MR) is 84.2 cm³/mol. The summed E-state index contributed by atoms with van der Waals surface area (Å²) >= 11 is 0. The minimum Gasteiger partial charge on any atom is -0.343 e. The summed E-state index contributed by atoms with van der Waals surface area (Å²) in [4.78, 5) is 23.5. The first-order valence-electron chi connectivity index (χ1n) is 7.20. The normalized spacial score (nSPS) is 10.8. The van der Waals surface area contributed by atoms with Gasteiger partial charge in [0.05, 0.1) is 17.6 Å². The van der Waals surface area contributed by atoms with Crippen molar-refractivity contribution in [2.24, 2.45) is 0 Å². The van der Waals surface area contributed by atoms with Gasteiger partial charge in [0.25, 0.3) is 5.91 Å². The Hall–Kier alpha value is -3.62. The van der Waals surface area contributed by atoms with Crippen LogP contribution in [0.5, 0.6) is 0 Å². The smallest absolute Gasteiger partial charge is 0.272 e. The molecule has 0 bridgehead atoms. The van der Waals surface area contributed by atoms with E-state index in [1.807, 2.05) is 24.3 Å². The third kappa shape index (κ3) is 2.70. The van der Waals surface area contributed by atoms with Gasteiger partial charge in [-0.1, -0.05) is 12.1 Å². The lowest BCUT2D eigenvalue weighted by molar-refractivity contribution is 0.0944. The molecule has 9 nitrogen and oxygen atoms in total. The summed E-state index contributed by atoms with van der Waals surface area (Å²) in [6.07, 6.45) is 2.90. The van der Waals surface area contributed by atoms with Crippen molar-refractivity contribution in [2.75, 3.05) is 0 Å². The first kappa shape index (κ1) is 14.0. The van der Waals surface area contributed by atoms with E-state index in [1.165, 1.54) is 17.3 Å². The molecule has 0 aliphatic heterocycles. The van der Waals surface area contributed by atoms with Gasteiger partial charge in [0, 0.05) is 0 Å². The van der Waals surface area contributed by atoms with Crippen LogP contribution in [0.25, 0.3) is 16.9 Å². The van der Waals surface area contributed by atoms with Crippen molar-refractivity contribution in [2.45, 2.75) is 6.54 Å². The number of rotatable bonds is 4. The van der Waals surface area contributed by atoms with Gasteiger partial charge < -0.3 is 10.3 Å². The number of nitrogens with zero attached hydrogens (tertiary/aromatic N) is 6. The summed E-state index contributed by atoms with van der Waals surface area (Å²) in [6.45, 7) is 0.278. The van der Waals surface area contributed by atoms with Crippen LogP contribution >= 0.6 is 0 Å². The van der Waals surface area contributed by atoms with E-state index in [0.29, 0.717) is 11.6 Å². The molecule has 0 radical (unpaired) electrons. The lowest BCUT2D eigenvalue weighted by Crippen LogP contribution is -2.24. The lowest BCUT2D eigenvalue weighted by atomic mass is 10.3. The number of H-pyrrole nitrogens is 1. The van der Waals surface area contributed by atoms with Gasteiger partial charge >= 0.3 is 0 Å². The number of benzene rings is 1. The maximum Gasteiger partial charge on any atom is 0.272 e. The topological polar surface area (TPSA) is 114 Å². The van der Waals surface area contributed by atoms with E-state index in [9.17, 15) is 4.79 Å². The van der Waals surface area contributed by atoms with Crippen LogP contribution in [-0.2, 0) is 6.54 Å². The largest absolute Gasteiger partial charge is 0.343 e. The van der Waals surface area contributed by atoms with Crippen LogP contribution in [0.4, 0.5) is 0 Å². The van der Waals surface area contributed by atoms with Gasteiger partial charge in [0.15, 0.2) is 11.5 Å². The number of hydrogen-bond acceptors (Lipinski definition) is 6. The number of hydrogen-bond donors (Lipinski definition) is 2. The fourth-order valence-corrected chi connectivity index (χ4v) is 2.24. The Morgan fingerprint density at radius 1 is 1.17 bits per heavy atom. The highest BCUT2D eigenvalue weighted by Gasteiger charge is 2.10. The van der Waals surface area contributed by atoms with Crippen LogP contribution in [-0.4, -0.2) is 40.8 Å². The number of imidazole rings is 1. The standard InChI is InChI=1S/C15H12N8O/c24-15(12-5-6-14(22-21-12)23-9-16-8-18-23)17-7-13-19-10-3-1-2-4-11(10)20-13/h1-6,8-9H,7H2,(H,17,24)(H,19,20). The van der Waals surface area contributed by atoms with Crippen LogP contribution in [0, 0.1) is 0 Å². The number of aromatic amines is 1. The van der Waals surface area contributed by atoms with E-state index in [4.69, 9.17) is 0 Å². The van der Waals surface area contributed by atoms with E-state index in [0.717, 1.165) is 11.0 Å². The van der Waals surface area contributed by atoms with Crippen LogP contribution in [0.3, 0.4) is 0 Å². The van der Waals surface area contributed by atoms with Gasteiger partial charge in [-0.2, -0.15) is 5.10 Å². The Bertz CT molecular complexity index is 941. The second-order valence-electron chi connectivity index (χ2n) is 5.00. The van der Waals surface area contributed by atoms with E-state index in [2.05, 4.69) is 35.6 Å². The number of fused-ring (bicyclic) bond motifs is 1. The van der Waals surface area contributed by atoms with Gasteiger partial charge in [-0.05, 0) is 24.3 Å². The summed E-state index contributed by atoms with van der Waals surface area (Å²) in [5.74, 6) is 0.839. The molecular weight excluding hydrogens is 308 g/mol. The average Bonchev–Trinajstić information content (AvgIpc) is 3.29. The Balaban J connectivity index is 1.44. The van der Waals surface area contributed by atoms with E-state index < -0.39 is 0 Å². The molecule has 3 aromatic heterocycles. The third-order valence-corrected chi connectivity index (χ3v) is 3.39. The molecule has 118 valence electrons. The maximum atomic E-state index is 12.1. The van der Waals surface area contributed by atoms with Gasteiger partial charge in [-0.3, -0.25) is 4.79 Å². The van der Waals surface area contributed by atoms with E-state index >= 15 is 0 Å². The Morgan fingerprint density at radius 3 is 2.83 bits per heavy atom. The van der Waals surface area contributed by atoms with Crippen LogP contribution in [0.1, 0.15) is 16.3 Å². The first-order valence-corrected chi connectivity index (χ1v) is 7.20. The predicted octanol–water partition coefficient (Wildman–Crippen LogP) is 0.864. The molecule has 0 aliphatic carbocycles. The number of para-hydroxylation sites is 2. The Kier molecular flexibility index (Phi) is 3.43. The number of aromatic nitrogens is 7. The molecule has 0 saturated carbocycles. The lowest BCUT2D eigenvalue weighted by Gasteiger charge is -2.03. The molecule has 4 aromatic rings. The second kappa shape index (κ2) is 5.88. The monoisotopic (exact) mass is 320 g/mol. The van der Waals surface area contributed by atoms with Crippen molar-refractivity contribution in [1.82, 2.24) is 40.2 Å². The SMILES string of the molecule is O=C(NCc1nc2ccccc2[nH]1)c1ccc(-n2cncn2)nn1. The molecule has 0 aliphatic rings. The van der Waals surface area contributed by atoms with Crippen molar-refractivity contribution < 1.29 is 4.79 Å². The molecule has 24 heavy (non-hydrogen) atoms. The van der Waals surface area contributed by atoms with E-state index in [-0.39, 0.29) is 18.1 Å². The first-order chi connectivity index (χ1) is 11.8. The van der Waals surface area contributed by atoms with Gasteiger partial charge in [-0.15, -0.1) is 10.2 Å². The number of carbonyl (C=O) groups excluding carboxylic acids is 1. The Morgan fingerprint density at radius 2 is 2.08 bits per heavy atom. The summed E-state index contributed by atoms with van der Waals surface area (Å²) in [7, 11) is 0. The number of nitrogens with one attached hydrogen (secondary N) is 2. The fraction of sp³-hybridized carbons (Fsp3) is 0.0667. The molecule has 0 unspecified atom stereocenters. The second-order valence-corrected chi connectivity index (χ2v) is 5.00. The summed E-state index contributed by atoms with van der Waals surface area (Å²) < 4.78 is 1.46. The molecule has 0 atom stereocenters. The van der Waals surface area contributed by atoms with Gasteiger partial charge in [0.1, 0.15) is 18.5 Å². The molecular formula is C15H12N8O. The molecule has 9 heteroatoms. The molecule has 4 rings (SSSR count).